The molecule has 4 N–H and O–H groups in total. The van der Waals surface area contributed by atoms with E-state index in [1.54, 1.807) is 0 Å². The minimum atomic E-state index is -4.65. The molecule has 0 bridgehead atoms. The number of hydrogen-bond acceptors (Lipinski definition) is 6. The van der Waals surface area contributed by atoms with Gasteiger partial charge < -0.3 is 19.6 Å². The van der Waals surface area contributed by atoms with Crippen molar-refractivity contribution in [2.24, 2.45) is 5.92 Å². The van der Waals surface area contributed by atoms with Crippen LogP contribution in [-0.2, 0) is 13.8 Å². The van der Waals surface area contributed by atoms with E-state index >= 15 is 0 Å². The van der Waals surface area contributed by atoms with Crippen molar-refractivity contribution in [3.63, 3.8) is 0 Å². The zero-order chi connectivity index (χ0) is 16.5. The van der Waals surface area contributed by atoms with Crippen molar-refractivity contribution in [2.45, 2.75) is 25.7 Å². The maximum atomic E-state index is 11.8. The van der Waals surface area contributed by atoms with Gasteiger partial charge in [0.25, 0.3) is 5.56 Å². The summed E-state index contributed by atoms with van der Waals surface area (Å²) in [5.41, 5.74) is -0.841. The summed E-state index contributed by atoms with van der Waals surface area (Å²) in [4.78, 5) is 42.7. The third-order valence-electron chi connectivity index (χ3n) is 3.46. The molecule has 2 heterocycles. The monoisotopic (exact) mass is 336 g/mol. The molecule has 0 unspecified atom stereocenters. The molecule has 0 aliphatic carbocycles. The number of ether oxygens (including phenoxy) is 1. The van der Waals surface area contributed by atoms with Gasteiger partial charge in [0.15, 0.2) is 0 Å². The highest BCUT2D eigenvalue weighted by Gasteiger charge is 2.37. The molecule has 1 aliphatic heterocycles. The van der Waals surface area contributed by atoms with Gasteiger partial charge in [-0.3, -0.25) is 18.9 Å². The molecule has 1 saturated heterocycles. The number of aliphatic hydroxyl groups is 1. The summed E-state index contributed by atoms with van der Waals surface area (Å²) < 4.78 is 21.8. The quantitative estimate of drug-likeness (QED) is 0.492. The number of aryl methyl sites for hydroxylation is 1. The van der Waals surface area contributed by atoms with Gasteiger partial charge in [0.2, 0.25) is 0 Å². The lowest BCUT2D eigenvalue weighted by Gasteiger charge is -2.17. The van der Waals surface area contributed by atoms with Gasteiger partial charge in [-0.05, 0) is 6.92 Å². The first-order valence-electron chi connectivity index (χ1n) is 6.49. The van der Waals surface area contributed by atoms with Crippen LogP contribution in [0, 0.1) is 12.8 Å². The van der Waals surface area contributed by atoms with Crippen LogP contribution in [0.3, 0.4) is 0 Å². The van der Waals surface area contributed by atoms with Gasteiger partial charge in [-0.25, -0.2) is 9.36 Å². The highest BCUT2D eigenvalue weighted by Crippen LogP contribution is 2.39. The van der Waals surface area contributed by atoms with Crippen molar-refractivity contribution in [1.29, 1.82) is 0 Å². The summed E-state index contributed by atoms with van der Waals surface area (Å²) in [7, 11) is -4.65. The van der Waals surface area contributed by atoms with Crippen molar-refractivity contribution >= 4 is 7.82 Å². The molecule has 2 rings (SSSR count). The molecule has 1 aromatic heterocycles. The number of phosphoric ester groups is 1. The molecular formula is C11H17N2O8P. The average molecular weight is 336 g/mol. The third-order valence-corrected chi connectivity index (χ3v) is 3.95. The van der Waals surface area contributed by atoms with E-state index in [0.717, 1.165) is 0 Å². The Balaban J connectivity index is 2.18. The molecule has 1 fully saturated rings. The number of hydrogen-bond donors (Lipinski definition) is 4. The van der Waals surface area contributed by atoms with E-state index in [0.29, 0.717) is 5.56 Å². The fourth-order valence-corrected chi connectivity index (χ4v) is 2.64. The molecule has 11 heteroatoms. The minimum absolute atomic E-state index is 0.247. The van der Waals surface area contributed by atoms with E-state index in [2.05, 4.69) is 9.51 Å². The van der Waals surface area contributed by atoms with E-state index in [-0.39, 0.29) is 13.0 Å². The standard InChI is InChI=1S/C11H17N2O8P/c1-6-3-13(11(16)12-10(6)15)9-2-7(4-14)8(21-9)5-20-22(17,18)19/h3,7-9,14H,2,4-5H2,1H3,(H,12,15,16)(H2,17,18,19)/t7-,8-,9-/m1/s1. The zero-order valence-corrected chi connectivity index (χ0v) is 12.6. The van der Waals surface area contributed by atoms with Crippen molar-refractivity contribution in [2.75, 3.05) is 13.2 Å². The Bertz CT molecular complexity index is 692. The van der Waals surface area contributed by atoms with Gasteiger partial charge >= 0.3 is 13.5 Å². The molecule has 0 saturated carbocycles. The molecule has 1 aliphatic rings. The lowest BCUT2D eigenvalue weighted by atomic mass is 10.0. The first-order valence-corrected chi connectivity index (χ1v) is 8.03. The van der Waals surface area contributed by atoms with E-state index < -0.39 is 43.9 Å². The van der Waals surface area contributed by atoms with Crippen LogP contribution in [0.4, 0.5) is 0 Å². The fraction of sp³-hybridized carbons (Fsp3) is 0.636. The lowest BCUT2D eigenvalue weighted by Crippen LogP contribution is -2.33. The normalized spacial score (nSPS) is 25.5. The summed E-state index contributed by atoms with van der Waals surface area (Å²) in [6.45, 7) is 0.827. The van der Waals surface area contributed by atoms with Gasteiger partial charge in [0.1, 0.15) is 6.23 Å². The Morgan fingerprint density at radius 2 is 2.18 bits per heavy atom. The van der Waals surface area contributed by atoms with Crippen LogP contribution in [0.15, 0.2) is 15.8 Å². The van der Waals surface area contributed by atoms with Crippen LogP contribution in [0.5, 0.6) is 0 Å². The van der Waals surface area contributed by atoms with Crippen LogP contribution >= 0.6 is 7.82 Å². The van der Waals surface area contributed by atoms with Crippen LogP contribution in [0.2, 0.25) is 0 Å². The molecule has 22 heavy (non-hydrogen) atoms. The second-order valence-electron chi connectivity index (χ2n) is 5.07. The maximum Gasteiger partial charge on any atom is 0.469 e. The average Bonchev–Trinajstić information content (AvgIpc) is 2.83. The SMILES string of the molecule is Cc1cn([C@H]2C[C@H](CO)[C@@H](COP(=O)(O)O)O2)c(=O)[nH]c1=O. The summed E-state index contributed by atoms with van der Waals surface area (Å²) in [6, 6.07) is 0. The number of aromatic amines is 1. The molecular weight excluding hydrogens is 319 g/mol. The second-order valence-corrected chi connectivity index (χ2v) is 6.31. The molecule has 10 nitrogen and oxygen atoms in total. The number of aliphatic hydroxyl groups excluding tert-OH is 1. The van der Waals surface area contributed by atoms with Crippen molar-refractivity contribution in [1.82, 2.24) is 9.55 Å². The minimum Gasteiger partial charge on any atom is -0.396 e. The Labute approximate surface area is 124 Å². The first kappa shape index (κ1) is 17.1. The van der Waals surface area contributed by atoms with Crippen LogP contribution in [-0.4, -0.2) is 43.8 Å². The van der Waals surface area contributed by atoms with E-state index in [1.807, 2.05) is 0 Å². The Morgan fingerprint density at radius 3 is 2.77 bits per heavy atom. The predicted octanol–water partition coefficient (Wildman–Crippen LogP) is -1.15. The maximum absolute atomic E-state index is 11.8. The van der Waals surface area contributed by atoms with Gasteiger partial charge in [-0.2, -0.15) is 0 Å². The van der Waals surface area contributed by atoms with Crippen LogP contribution < -0.4 is 11.2 Å². The lowest BCUT2D eigenvalue weighted by molar-refractivity contribution is -0.0361. The molecule has 1 aromatic rings. The van der Waals surface area contributed by atoms with E-state index in [4.69, 9.17) is 14.5 Å². The van der Waals surface area contributed by atoms with Gasteiger partial charge in [-0.15, -0.1) is 0 Å². The number of H-pyrrole nitrogens is 1. The van der Waals surface area contributed by atoms with Crippen molar-refractivity contribution in [3.05, 3.63) is 32.6 Å². The van der Waals surface area contributed by atoms with Gasteiger partial charge in [-0.1, -0.05) is 0 Å². The van der Waals surface area contributed by atoms with Crippen LogP contribution in [0.25, 0.3) is 0 Å². The topological polar surface area (TPSA) is 151 Å². The summed E-state index contributed by atoms with van der Waals surface area (Å²) in [5, 5.41) is 9.32. The molecule has 0 aromatic carbocycles. The fourth-order valence-electron chi connectivity index (χ4n) is 2.30. The van der Waals surface area contributed by atoms with Crippen molar-refractivity contribution < 1.29 is 28.7 Å². The third kappa shape index (κ3) is 3.92. The number of phosphoric acid groups is 1. The Morgan fingerprint density at radius 1 is 1.50 bits per heavy atom. The smallest absolute Gasteiger partial charge is 0.396 e. The highest BCUT2D eigenvalue weighted by atomic mass is 31.2. The Hall–Kier alpha value is -1.29. The Kier molecular flexibility index (Phi) is 5.00. The molecule has 0 amide bonds. The summed E-state index contributed by atoms with van der Waals surface area (Å²) in [5.74, 6) is -0.448. The van der Waals surface area contributed by atoms with Gasteiger partial charge in [0, 0.05) is 30.7 Å². The molecule has 0 spiro atoms. The number of rotatable bonds is 5. The van der Waals surface area contributed by atoms with E-state index in [9.17, 15) is 19.3 Å². The molecule has 3 atom stereocenters. The second kappa shape index (κ2) is 6.45. The number of aromatic nitrogens is 2. The van der Waals surface area contributed by atoms with Gasteiger partial charge in [0.05, 0.1) is 12.7 Å². The number of nitrogens with zero attached hydrogens (tertiary/aromatic N) is 1. The molecule has 124 valence electrons. The summed E-state index contributed by atoms with van der Waals surface area (Å²) >= 11 is 0. The van der Waals surface area contributed by atoms with E-state index in [1.165, 1.54) is 17.7 Å². The first-order chi connectivity index (χ1) is 10.2. The zero-order valence-electron chi connectivity index (χ0n) is 11.7. The largest absolute Gasteiger partial charge is 0.469 e. The summed E-state index contributed by atoms with van der Waals surface area (Å²) in [6.07, 6.45) is 0.0520. The number of nitrogens with one attached hydrogen (secondary N) is 1. The predicted molar refractivity (Wildman–Crippen MR) is 73.2 cm³/mol. The molecule has 0 radical (unpaired) electrons. The van der Waals surface area contributed by atoms with Crippen LogP contribution in [0.1, 0.15) is 18.2 Å². The van der Waals surface area contributed by atoms with Crippen molar-refractivity contribution in [3.8, 4) is 0 Å². The highest BCUT2D eigenvalue weighted by molar-refractivity contribution is 7.46.